The lowest BCUT2D eigenvalue weighted by Gasteiger charge is -2.23. The fourth-order valence-corrected chi connectivity index (χ4v) is 5.77. The minimum atomic E-state index is -5.92. The molecule has 2 aromatic heterocycles. The molecule has 186 valence electrons. The van der Waals surface area contributed by atoms with E-state index in [-0.39, 0.29) is 17.0 Å². The first-order valence-electron chi connectivity index (χ1n) is 8.30. The van der Waals surface area contributed by atoms with Crippen molar-refractivity contribution in [2.24, 2.45) is 0 Å². The zero-order chi connectivity index (χ0) is 25.0. The van der Waals surface area contributed by atoms with Gasteiger partial charge in [0.1, 0.15) is 12.4 Å². The standard InChI is InChI=1S/C11H14F3N4O12P3/c1-4-16-8-6(9(19)17-4)15-3-18(8)10-5(12)7(13)11(14,28-10)2-27-32(23,24)30-33(25,26)29-31(20,21)22/h3,5,7,10H,2H2,1H3,(H,23,24)(H,25,26)(H,16,17,19)(H2,20,21,22)/t5-,7+,10-,11-/m1/s1. The zero-order valence-electron chi connectivity index (χ0n) is 15.9. The first-order valence-corrected chi connectivity index (χ1v) is 12.8. The molecule has 1 saturated heterocycles. The number of nitrogens with zero attached hydrogens (tertiary/aromatic N) is 3. The Morgan fingerprint density at radius 1 is 1.21 bits per heavy atom. The summed E-state index contributed by atoms with van der Waals surface area (Å²) in [5, 5.41) is 0. The number of aromatic nitrogens is 4. The van der Waals surface area contributed by atoms with Crippen LogP contribution in [0.5, 0.6) is 0 Å². The largest absolute Gasteiger partial charge is 0.490 e. The van der Waals surface area contributed by atoms with Gasteiger partial charge >= 0.3 is 23.5 Å². The number of H-pyrrole nitrogens is 1. The third-order valence-corrected chi connectivity index (χ3v) is 7.73. The van der Waals surface area contributed by atoms with E-state index in [2.05, 4.69) is 32.8 Å². The summed E-state index contributed by atoms with van der Waals surface area (Å²) in [5.74, 6) is -3.72. The van der Waals surface area contributed by atoms with Crippen LogP contribution >= 0.6 is 23.5 Å². The highest BCUT2D eigenvalue weighted by Gasteiger charge is 2.60. The summed E-state index contributed by atoms with van der Waals surface area (Å²) in [5.41, 5.74) is -1.34. The average Bonchev–Trinajstić information content (AvgIpc) is 3.12. The molecule has 1 fully saturated rings. The molecule has 5 N–H and O–H groups in total. The van der Waals surface area contributed by atoms with Crippen LogP contribution < -0.4 is 5.56 Å². The molecule has 2 aromatic rings. The van der Waals surface area contributed by atoms with E-state index in [0.29, 0.717) is 4.57 Å². The minimum absolute atomic E-state index is 0.0543. The molecule has 3 rings (SSSR count). The van der Waals surface area contributed by atoms with Gasteiger partial charge < -0.3 is 29.3 Å². The Morgan fingerprint density at radius 2 is 1.85 bits per heavy atom. The third-order valence-electron chi connectivity index (χ3n) is 3.95. The van der Waals surface area contributed by atoms with Gasteiger partial charge in [0.2, 0.25) is 0 Å². The molecule has 0 aliphatic carbocycles. The molecular weight excluding hydrogens is 530 g/mol. The Kier molecular flexibility index (Phi) is 6.83. The SMILES string of the molecule is Cc1nc2c(ncn2[C@@H]2O[C@](F)(COP(=O)(O)OP(=O)(O)OP(=O)(O)O)[C@@H](F)[C@H]2F)c(=O)[nH]1. The number of hydrogen-bond donors (Lipinski definition) is 5. The van der Waals surface area contributed by atoms with E-state index >= 15 is 0 Å². The topological polar surface area (TPSA) is 233 Å². The summed E-state index contributed by atoms with van der Waals surface area (Å²) < 4.78 is 93.6. The molecule has 22 heteroatoms. The number of hydrogen-bond acceptors (Lipinski definition) is 10. The van der Waals surface area contributed by atoms with Crippen LogP contribution in [0.25, 0.3) is 11.2 Å². The molecule has 0 spiro atoms. The van der Waals surface area contributed by atoms with Crippen LogP contribution in [0.1, 0.15) is 12.1 Å². The number of phosphoric acid groups is 3. The summed E-state index contributed by atoms with van der Waals surface area (Å²) in [6.07, 6.45) is -7.24. The van der Waals surface area contributed by atoms with Crippen LogP contribution in [0.15, 0.2) is 11.1 Å². The van der Waals surface area contributed by atoms with E-state index in [4.69, 9.17) is 14.7 Å². The number of nitrogens with one attached hydrogen (secondary N) is 1. The van der Waals surface area contributed by atoms with Crippen molar-refractivity contribution in [3.8, 4) is 0 Å². The van der Waals surface area contributed by atoms with Gasteiger partial charge in [-0.05, 0) is 6.92 Å². The molecule has 0 saturated carbocycles. The summed E-state index contributed by atoms with van der Waals surface area (Å²) in [6.45, 7) is -0.533. The van der Waals surface area contributed by atoms with E-state index in [1.54, 1.807) is 0 Å². The van der Waals surface area contributed by atoms with Crippen molar-refractivity contribution in [3.05, 3.63) is 22.5 Å². The van der Waals surface area contributed by atoms with Crippen LogP contribution in [0.4, 0.5) is 13.2 Å². The van der Waals surface area contributed by atoms with Crippen LogP contribution in [-0.2, 0) is 31.6 Å². The number of fused-ring (bicyclic) bond motifs is 1. The molecular formula is C11H14F3N4O12P3. The molecule has 1 aliphatic heterocycles. The lowest BCUT2D eigenvalue weighted by molar-refractivity contribution is -0.192. The number of halogens is 3. The van der Waals surface area contributed by atoms with Crippen LogP contribution in [0.2, 0.25) is 0 Å². The highest BCUT2D eigenvalue weighted by atomic mass is 31.3. The highest BCUT2D eigenvalue weighted by Crippen LogP contribution is 2.66. The normalized spacial score (nSPS) is 29.8. The predicted molar refractivity (Wildman–Crippen MR) is 96.5 cm³/mol. The molecule has 1 aliphatic rings. The van der Waals surface area contributed by atoms with Crippen LogP contribution in [0, 0.1) is 6.92 Å². The molecule has 2 unspecified atom stereocenters. The molecule has 0 amide bonds. The van der Waals surface area contributed by atoms with Gasteiger partial charge in [-0.25, -0.2) is 36.8 Å². The molecule has 0 radical (unpaired) electrons. The van der Waals surface area contributed by atoms with Crippen molar-refractivity contribution in [2.45, 2.75) is 31.3 Å². The van der Waals surface area contributed by atoms with Gasteiger partial charge in [-0.2, -0.15) is 8.62 Å². The van der Waals surface area contributed by atoms with E-state index < -0.39 is 60.1 Å². The van der Waals surface area contributed by atoms with Gasteiger partial charge in [0, 0.05) is 0 Å². The summed E-state index contributed by atoms with van der Waals surface area (Å²) in [4.78, 5) is 57.0. The summed E-state index contributed by atoms with van der Waals surface area (Å²) in [6, 6.07) is 0. The number of ether oxygens (including phenoxy) is 1. The Morgan fingerprint density at radius 3 is 2.45 bits per heavy atom. The smallest absolute Gasteiger partial charge is 0.314 e. The molecule has 0 bridgehead atoms. The highest BCUT2D eigenvalue weighted by molar-refractivity contribution is 7.66. The van der Waals surface area contributed by atoms with Crippen molar-refractivity contribution in [1.29, 1.82) is 0 Å². The molecule has 6 atom stereocenters. The minimum Gasteiger partial charge on any atom is -0.314 e. The van der Waals surface area contributed by atoms with E-state index in [0.717, 1.165) is 6.33 Å². The number of alkyl halides is 3. The van der Waals surface area contributed by atoms with Gasteiger partial charge in [-0.3, -0.25) is 13.9 Å². The quantitative estimate of drug-likeness (QED) is 0.287. The van der Waals surface area contributed by atoms with Gasteiger partial charge in [0.25, 0.3) is 11.4 Å². The monoisotopic (exact) mass is 544 g/mol. The molecule has 16 nitrogen and oxygen atoms in total. The van der Waals surface area contributed by atoms with Gasteiger partial charge in [-0.1, -0.05) is 0 Å². The maximum atomic E-state index is 14.9. The van der Waals surface area contributed by atoms with Crippen molar-refractivity contribution >= 4 is 34.6 Å². The Hall–Kier alpha value is -1.49. The van der Waals surface area contributed by atoms with Crippen molar-refractivity contribution < 1.29 is 64.3 Å². The maximum Gasteiger partial charge on any atom is 0.490 e. The number of aryl methyl sites for hydroxylation is 1. The van der Waals surface area contributed by atoms with Gasteiger partial charge in [0.05, 0.1) is 6.33 Å². The van der Waals surface area contributed by atoms with Gasteiger partial charge in [0.15, 0.2) is 29.7 Å². The molecule has 3 heterocycles. The Labute approximate surface area is 179 Å². The van der Waals surface area contributed by atoms with Crippen molar-refractivity contribution in [2.75, 3.05) is 6.61 Å². The van der Waals surface area contributed by atoms with Crippen molar-refractivity contribution in [1.82, 2.24) is 19.5 Å². The predicted octanol–water partition coefficient (Wildman–Crippen LogP) is 0.642. The zero-order valence-corrected chi connectivity index (χ0v) is 18.6. The Bertz CT molecular complexity index is 1270. The summed E-state index contributed by atoms with van der Waals surface area (Å²) in [7, 11) is -17.4. The lowest BCUT2D eigenvalue weighted by Crippen LogP contribution is -2.39. The fraction of sp³-hybridized carbons (Fsp3) is 0.545. The molecule has 33 heavy (non-hydrogen) atoms. The first-order chi connectivity index (χ1) is 14.9. The fourth-order valence-electron chi connectivity index (χ4n) is 2.73. The Balaban J connectivity index is 1.79. The molecule has 0 aromatic carbocycles. The average molecular weight is 544 g/mol. The first kappa shape index (κ1) is 26.1. The second-order valence-electron chi connectivity index (χ2n) is 6.48. The van der Waals surface area contributed by atoms with Crippen LogP contribution in [-0.4, -0.2) is 63.9 Å². The van der Waals surface area contributed by atoms with E-state index in [9.17, 15) is 36.6 Å². The number of rotatable bonds is 8. The second kappa shape index (κ2) is 8.62. The summed E-state index contributed by atoms with van der Waals surface area (Å²) >= 11 is 0. The van der Waals surface area contributed by atoms with Crippen molar-refractivity contribution in [3.63, 3.8) is 0 Å². The number of aromatic amines is 1. The second-order valence-corrected chi connectivity index (χ2v) is 10.9. The number of phosphoric ester groups is 1. The maximum absolute atomic E-state index is 14.9. The van der Waals surface area contributed by atoms with E-state index in [1.165, 1.54) is 6.92 Å². The van der Waals surface area contributed by atoms with Gasteiger partial charge in [-0.15, -0.1) is 0 Å². The van der Waals surface area contributed by atoms with E-state index in [1.807, 2.05) is 0 Å². The number of imidazole rings is 1. The third kappa shape index (κ3) is 5.78. The lowest BCUT2D eigenvalue weighted by atomic mass is 10.1. The van der Waals surface area contributed by atoms with Crippen LogP contribution in [0.3, 0.4) is 0 Å².